The molecule has 27 heavy (non-hydrogen) atoms. The molecular formula is C24H38O3. The minimum Gasteiger partial charge on any atom is -0.393 e. The largest absolute Gasteiger partial charge is 0.393 e. The highest BCUT2D eigenvalue weighted by atomic mass is 16.3. The van der Waals surface area contributed by atoms with E-state index in [9.17, 15) is 15.0 Å². The van der Waals surface area contributed by atoms with Crippen molar-refractivity contribution in [2.24, 2.45) is 40.4 Å². The van der Waals surface area contributed by atoms with Gasteiger partial charge >= 0.3 is 0 Å². The van der Waals surface area contributed by atoms with Gasteiger partial charge in [-0.2, -0.15) is 0 Å². The van der Waals surface area contributed by atoms with Crippen LogP contribution in [0.25, 0.3) is 0 Å². The molecule has 0 heterocycles. The Balaban J connectivity index is 1.60. The second kappa shape index (κ2) is 6.99. The topological polar surface area (TPSA) is 57.5 Å². The molecule has 0 spiro atoms. The number of aliphatic hydroxyl groups is 2. The van der Waals surface area contributed by atoms with Crippen LogP contribution in [0.1, 0.15) is 78.6 Å². The highest BCUT2D eigenvalue weighted by molar-refractivity contribution is 5.49. The molecule has 0 aromatic rings. The number of aliphatic hydroxyl groups excluding tert-OH is 2. The third-order valence-electron chi connectivity index (χ3n) is 9.68. The van der Waals surface area contributed by atoms with Crippen LogP contribution in [0.4, 0.5) is 0 Å². The van der Waals surface area contributed by atoms with Gasteiger partial charge in [0.25, 0.3) is 0 Å². The lowest BCUT2D eigenvalue weighted by molar-refractivity contribution is -0.110. The van der Waals surface area contributed by atoms with Crippen LogP contribution in [0.2, 0.25) is 0 Å². The van der Waals surface area contributed by atoms with Gasteiger partial charge in [-0.1, -0.05) is 32.4 Å². The fourth-order valence-electron chi connectivity index (χ4n) is 8.21. The zero-order valence-corrected chi connectivity index (χ0v) is 17.4. The van der Waals surface area contributed by atoms with Crippen molar-refractivity contribution < 1.29 is 15.0 Å². The molecule has 0 unspecified atom stereocenters. The molecule has 3 fully saturated rings. The summed E-state index contributed by atoms with van der Waals surface area (Å²) in [7, 11) is 0. The normalized spacial score (nSPS) is 50.2. The van der Waals surface area contributed by atoms with Gasteiger partial charge in [-0.05, 0) is 80.0 Å². The van der Waals surface area contributed by atoms with Gasteiger partial charge in [0.15, 0.2) is 0 Å². The monoisotopic (exact) mass is 374 g/mol. The Morgan fingerprint density at radius 3 is 2.74 bits per heavy atom. The molecule has 0 amide bonds. The summed E-state index contributed by atoms with van der Waals surface area (Å²) in [5.74, 6) is 3.34. The minimum absolute atomic E-state index is 0.134. The summed E-state index contributed by atoms with van der Waals surface area (Å²) >= 11 is 0. The van der Waals surface area contributed by atoms with Gasteiger partial charge in [-0.3, -0.25) is 0 Å². The summed E-state index contributed by atoms with van der Waals surface area (Å²) in [5.41, 5.74) is 1.59. The molecule has 3 heteroatoms. The van der Waals surface area contributed by atoms with E-state index in [1.54, 1.807) is 0 Å². The smallest absolute Gasteiger partial charge is 0.120 e. The maximum absolute atomic E-state index is 11.0. The Labute approximate surface area is 164 Å². The summed E-state index contributed by atoms with van der Waals surface area (Å²) in [6.45, 7) is 7.18. The lowest BCUT2D eigenvalue weighted by Crippen LogP contribution is -2.55. The predicted octanol–water partition coefficient (Wildman–Crippen LogP) is 4.51. The van der Waals surface area contributed by atoms with Crippen molar-refractivity contribution in [2.75, 3.05) is 0 Å². The molecule has 3 nitrogen and oxygen atoms in total. The van der Waals surface area contributed by atoms with Gasteiger partial charge in [-0.15, -0.1) is 0 Å². The van der Waals surface area contributed by atoms with E-state index in [2.05, 4.69) is 26.8 Å². The Hall–Kier alpha value is -0.670. The SMILES string of the molecule is C[C@H](CCC=O)[C@H]1CC[C@H]2[C@@H]3CC=C4C[C@@H](O)C[C@H](O)[C@]4(C)[C@H]3CC[C@]12C. The fourth-order valence-corrected chi connectivity index (χ4v) is 8.21. The van der Waals surface area contributed by atoms with E-state index in [4.69, 9.17) is 0 Å². The summed E-state index contributed by atoms with van der Waals surface area (Å²) in [5, 5.41) is 21.1. The molecule has 4 rings (SSSR count). The van der Waals surface area contributed by atoms with Crippen molar-refractivity contribution in [1.82, 2.24) is 0 Å². The van der Waals surface area contributed by atoms with Crippen molar-refractivity contribution in [3.63, 3.8) is 0 Å². The highest BCUT2D eigenvalue weighted by Crippen LogP contribution is 2.67. The maximum atomic E-state index is 11.0. The predicted molar refractivity (Wildman–Crippen MR) is 107 cm³/mol. The van der Waals surface area contributed by atoms with Crippen LogP contribution in [-0.4, -0.2) is 28.7 Å². The third kappa shape index (κ3) is 2.87. The molecule has 9 atom stereocenters. The average Bonchev–Trinajstić information content (AvgIpc) is 2.98. The number of hydrogen-bond acceptors (Lipinski definition) is 3. The van der Waals surface area contributed by atoms with Crippen molar-refractivity contribution >= 4 is 6.29 Å². The van der Waals surface area contributed by atoms with E-state index in [0.717, 1.165) is 37.4 Å². The summed E-state index contributed by atoms with van der Waals surface area (Å²) in [6.07, 6.45) is 11.9. The standard InChI is InChI=1S/C24H38O3/c1-15(5-4-12-25)19-8-9-20-18-7-6-16-13-17(26)14-22(27)24(16,3)21(18)10-11-23(19,20)2/h6,12,15,17-22,26-27H,4-5,7-11,13-14H2,1-3H3/t15-,17-,18+,19-,20+,21+,22+,23-,24+/m1/s1. The molecule has 4 aliphatic carbocycles. The molecule has 0 aromatic heterocycles. The number of rotatable bonds is 4. The Morgan fingerprint density at radius 1 is 1.22 bits per heavy atom. The molecule has 0 radical (unpaired) electrons. The van der Waals surface area contributed by atoms with Gasteiger partial charge in [0.1, 0.15) is 6.29 Å². The Bertz CT molecular complexity index is 613. The van der Waals surface area contributed by atoms with Crippen LogP contribution in [0, 0.1) is 40.4 Å². The van der Waals surface area contributed by atoms with Crippen LogP contribution < -0.4 is 0 Å². The maximum Gasteiger partial charge on any atom is 0.120 e. The van der Waals surface area contributed by atoms with Gasteiger partial charge in [0, 0.05) is 18.3 Å². The van der Waals surface area contributed by atoms with Crippen molar-refractivity contribution in [2.45, 2.75) is 90.8 Å². The lowest BCUT2D eigenvalue weighted by Gasteiger charge is -2.59. The fraction of sp³-hybridized carbons (Fsp3) is 0.875. The second-order valence-corrected chi connectivity index (χ2v) is 10.7. The second-order valence-electron chi connectivity index (χ2n) is 10.7. The van der Waals surface area contributed by atoms with E-state index in [1.165, 1.54) is 31.3 Å². The van der Waals surface area contributed by atoms with Crippen LogP contribution in [-0.2, 0) is 4.79 Å². The number of allylic oxidation sites excluding steroid dienone is 1. The molecular weight excluding hydrogens is 336 g/mol. The first-order valence-corrected chi connectivity index (χ1v) is 11.3. The molecule has 0 aliphatic heterocycles. The number of carbonyl (C=O) groups is 1. The van der Waals surface area contributed by atoms with Crippen molar-refractivity contribution in [3.05, 3.63) is 11.6 Å². The molecule has 0 aromatic carbocycles. The molecule has 3 saturated carbocycles. The lowest BCUT2D eigenvalue weighted by atomic mass is 9.46. The van der Waals surface area contributed by atoms with E-state index in [1.807, 2.05) is 0 Å². The zero-order chi connectivity index (χ0) is 19.4. The van der Waals surface area contributed by atoms with Gasteiger partial charge in [0.05, 0.1) is 12.2 Å². The van der Waals surface area contributed by atoms with Crippen LogP contribution in [0.15, 0.2) is 11.6 Å². The summed E-state index contributed by atoms with van der Waals surface area (Å²) in [6, 6.07) is 0. The van der Waals surface area contributed by atoms with Gasteiger partial charge in [-0.25, -0.2) is 0 Å². The van der Waals surface area contributed by atoms with Crippen molar-refractivity contribution in [3.8, 4) is 0 Å². The Morgan fingerprint density at radius 2 is 2.00 bits per heavy atom. The Kier molecular flexibility index (Phi) is 5.08. The van der Waals surface area contributed by atoms with E-state index < -0.39 is 6.10 Å². The molecule has 152 valence electrons. The van der Waals surface area contributed by atoms with Crippen molar-refractivity contribution in [1.29, 1.82) is 0 Å². The average molecular weight is 375 g/mol. The van der Waals surface area contributed by atoms with E-state index in [0.29, 0.717) is 36.0 Å². The third-order valence-corrected chi connectivity index (χ3v) is 9.68. The molecule has 2 N–H and O–H groups in total. The zero-order valence-electron chi connectivity index (χ0n) is 17.4. The first kappa shape index (κ1) is 19.6. The number of hydrogen-bond donors (Lipinski definition) is 2. The van der Waals surface area contributed by atoms with Gasteiger partial charge in [0.2, 0.25) is 0 Å². The number of aldehydes is 1. The number of fused-ring (bicyclic) bond motifs is 5. The minimum atomic E-state index is -0.409. The number of carbonyl (C=O) groups excluding carboxylic acids is 1. The van der Waals surface area contributed by atoms with Crippen LogP contribution >= 0.6 is 0 Å². The summed E-state index contributed by atoms with van der Waals surface area (Å²) in [4.78, 5) is 10.8. The van der Waals surface area contributed by atoms with Crippen LogP contribution in [0.5, 0.6) is 0 Å². The highest BCUT2D eigenvalue weighted by Gasteiger charge is 2.60. The van der Waals surface area contributed by atoms with Gasteiger partial charge < -0.3 is 15.0 Å². The summed E-state index contributed by atoms with van der Waals surface area (Å²) < 4.78 is 0. The quantitative estimate of drug-likeness (QED) is 0.562. The first-order chi connectivity index (χ1) is 12.8. The first-order valence-electron chi connectivity index (χ1n) is 11.3. The molecule has 0 saturated heterocycles. The molecule has 0 bridgehead atoms. The van der Waals surface area contributed by atoms with E-state index >= 15 is 0 Å². The van der Waals surface area contributed by atoms with Crippen LogP contribution in [0.3, 0.4) is 0 Å². The van der Waals surface area contributed by atoms with E-state index in [-0.39, 0.29) is 11.5 Å². The molecule has 4 aliphatic rings.